The van der Waals surface area contributed by atoms with Crippen molar-refractivity contribution in [3.05, 3.63) is 38.9 Å². The average molecular weight is 307 g/mol. The Balaban J connectivity index is 2.29. The van der Waals surface area contributed by atoms with Gasteiger partial charge in [0.1, 0.15) is 10.7 Å². The molecule has 2 aromatic rings. The molecule has 9 heteroatoms. The third-order valence-corrected chi connectivity index (χ3v) is 3.42. The lowest BCUT2D eigenvalue weighted by Gasteiger charge is -2.13. The second kappa shape index (κ2) is 5.83. The van der Waals surface area contributed by atoms with Crippen LogP contribution in [-0.4, -0.2) is 35.1 Å². The highest BCUT2D eigenvalue weighted by Gasteiger charge is 2.19. The summed E-state index contributed by atoms with van der Waals surface area (Å²) in [6.07, 6.45) is 0. The highest BCUT2D eigenvalue weighted by Crippen LogP contribution is 2.28. The van der Waals surface area contributed by atoms with Gasteiger partial charge in [0.2, 0.25) is 5.13 Å². The van der Waals surface area contributed by atoms with Gasteiger partial charge in [0.25, 0.3) is 11.6 Å². The zero-order chi connectivity index (χ0) is 15.6. The maximum atomic E-state index is 12.1. The molecule has 2 rings (SSSR count). The molecule has 21 heavy (non-hydrogen) atoms. The number of hydrogen-bond acceptors (Lipinski definition) is 7. The van der Waals surface area contributed by atoms with E-state index >= 15 is 0 Å². The van der Waals surface area contributed by atoms with E-state index in [2.05, 4.69) is 15.5 Å². The maximum absolute atomic E-state index is 12.1. The first-order valence-corrected chi connectivity index (χ1v) is 6.77. The number of aromatic nitrogens is 2. The predicted molar refractivity (Wildman–Crippen MR) is 80.0 cm³/mol. The molecule has 0 bridgehead atoms. The number of nitrogens with zero attached hydrogens (tertiary/aromatic N) is 4. The van der Waals surface area contributed by atoms with Crippen LogP contribution in [0.4, 0.5) is 16.5 Å². The minimum Gasteiger partial charge on any atom is -0.372 e. The Morgan fingerprint density at radius 3 is 2.62 bits per heavy atom. The van der Waals surface area contributed by atoms with Crippen LogP contribution < -0.4 is 10.2 Å². The van der Waals surface area contributed by atoms with Gasteiger partial charge in [-0.3, -0.25) is 20.2 Å². The number of aryl methyl sites for hydroxylation is 1. The van der Waals surface area contributed by atoms with Crippen LogP contribution in [0.3, 0.4) is 0 Å². The second-order valence-corrected chi connectivity index (χ2v) is 5.62. The Morgan fingerprint density at radius 2 is 2.10 bits per heavy atom. The fourth-order valence-electron chi connectivity index (χ4n) is 1.71. The smallest absolute Gasteiger partial charge is 0.293 e. The maximum Gasteiger partial charge on any atom is 0.293 e. The van der Waals surface area contributed by atoms with E-state index in [-0.39, 0.29) is 11.3 Å². The lowest BCUT2D eigenvalue weighted by Crippen LogP contribution is -2.14. The lowest BCUT2D eigenvalue weighted by atomic mass is 10.1. The quantitative estimate of drug-likeness (QED) is 0.685. The number of anilines is 2. The Kier molecular flexibility index (Phi) is 4.13. The van der Waals surface area contributed by atoms with Crippen molar-refractivity contribution < 1.29 is 9.72 Å². The monoisotopic (exact) mass is 307 g/mol. The van der Waals surface area contributed by atoms with Gasteiger partial charge in [0, 0.05) is 25.7 Å². The molecule has 1 heterocycles. The molecule has 0 aliphatic carbocycles. The molecule has 1 N–H and O–H groups in total. The van der Waals surface area contributed by atoms with Crippen LogP contribution in [0, 0.1) is 17.0 Å². The Hall–Kier alpha value is -2.55. The summed E-state index contributed by atoms with van der Waals surface area (Å²) >= 11 is 1.23. The van der Waals surface area contributed by atoms with Crippen LogP contribution in [0.15, 0.2) is 18.2 Å². The molecule has 8 nitrogen and oxygen atoms in total. The third kappa shape index (κ3) is 3.31. The summed E-state index contributed by atoms with van der Waals surface area (Å²) in [5, 5.41) is 22.3. The molecular formula is C12H13N5O3S. The molecule has 1 aromatic heterocycles. The van der Waals surface area contributed by atoms with Crippen molar-refractivity contribution in [1.29, 1.82) is 0 Å². The molecule has 0 atom stereocenters. The number of benzene rings is 1. The minimum absolute atomic E-state index is 0.124. The zero-order valence-corrected chi connectivity index (χ0v) is 12.5. The van der Waals surface area contributed by atoms with Crippen molar-refractivity contribution in [3.8, 4) is 0 Å². The molecule has 0 fully saturated rings. The van der Waals surface area contributed by atoms with E-state index in [1.807, 2.05) is 0 Å². The van der Waals surface area contributed by atoms with Crippen molar-refractivity contribution in [3.63, 3.8) is 0 Å². The Labute approximate surface area is 124 Å². The molecule has 0 radical (unpaired) electrons. The molecule has 1 amide bonds. The first-order valence-electron chi connectivity index (χ1n) is 5.95. The summed E-state index contributed by atoms with van der Waals surface area (Å²) in [5.74, 6) is -0.459. The predicted octanol–water partition coefficient (Wildman–Crippen LogP) is 2.07. The van der Waals surface area contributed by atoms with Crippen molar-refractivity contribution in [2.75, 3.05) is 24.3 Å². The van der Waals surface area contributed by atoms with Gasteiger partial charge in [-0.1, -0.05) is 11.3 Å². The van der Waals surface area contributed by atoms with Crippen molar-refractivity contribution >= 4 is 33.8 Å². The summed E-state index contributed by atoms with van der Waals surface area (Å²) in [7, 11) is 3.40. The fraction of sp³-hybridized carbons (Fsp3) is 0.250. The van der Waals surface area contributed by atoms with E-state index in [0.29, 0.717) is 10.8 Å². The van der Waals surface area contributed by atoms with Gasteiger partial charge < -0.3 is 4.90 Å². The van der Waals surface area contributed by atoms with Crippen LogP contribution in [0.2, 0.25) is 0 Å². The molecule has 0 unspecified atom stereocenters. The number of carbonyl (C=O) groups excluding carboxylic acids is 1. The molecular weight excluding hydrogens is 294 g/mol. The van der Waals surface area contributed by atoms with Crippen molar-refractivity contribution in [2.24, 2.45) is 0 Å². The van der Waals surface area contributed by atoms with E-state index in [9.17, 15) is 14.9 Å². The second-order valence-electron chi connectivity index (χ2n) is 4.44. The number of carbonyl (C=O) groups is 1. The van der Waals surface area contributed by atoms with Gasteiger partial charge in [0.15, 0.2) is 0 Å². The molecule has 0 aliphatic heterocycles. The average Bonchev–Trinajstić information content (AvgIpc) is 2.83. The van der Waals surface area contributed by atoms with Crippen molar-refractivity contribution in [2.45, 2.75) is 6.92 Å². The van der Waals surface area contributed by atoms with Crippen LogP contribution in [0.5, 0.6) is 0 Å². The van der Waals surface area contributed by atoms with E-state index in [0.717, 1.165) is 5.01 Å². The van der Waals surface area contributed by atoms with Gasteiger partial charge in [-0.2, -0.15) is 0 Å². The first kappa shape index (κ1) is 14.9. The number of rotatable bonds is 4. The van der Waals surface area contributed by atoms with E-state index in [1.54, 1.807) is 32.0 Å². The topological polar surface area (TPSA) is 101 Å². The largest absolute Gasteiger partial charge is 0.372 e. The Morgan fingerprint density at radius 1 is 1.38 bits per heavy atom. The lowest BCUT2D eigenvalue weighted by molar-refractivity contribution is -0.384. The number of nitro groups is 1. The van der Waals surface area contributed by atoms with Crippen LogP contribution in [-0.2, 0) is 0 Å². The number of nitro benzene ring substituents is 1. The normalized spacial score (nSPS) is 10.2. The highest BCUT2D eigenvalue weighted by molar-refractivity contribution is 7.15. The number of amides is 1. The van der Waals surface area contributed by atoms with Crippen LogP contribution in [0.25, 0.3) is 0 Å². The third-order valence-electron chi connectivity index (χ3n) is 2.66. The molecule has 0 spiro atoms. The van der Waals surface area contributed by atoms with Gasteiger partial charge in [-0.05, 0) is 19.1 Å². The molecule has 0 saturated carbocycles. The summed E-state index contributed by atoms with van der Waals surface area (Å²) in [5.41, 5.74) is 0.504. The molecule has 110 valence electrons. The van der Waals surface area contributed by atoms with E-state index in [1.165, 1.54) is 23.5 Å². The van der Waals surface area contributed by atoms with Crippen LogP contribution in [0.1, 0.15) is 15.4 Å². The summed E-state index contributed by atoms with van der Waals surface area (Å²) in [6, 6.07) is 4.32. The SMILES string of the molecule is Cc1nnc(NC(=O)c2ccc(N(C)C)c([N+](=O)[O-])c2)s1. The van der Waals surface area contributed by atoms with Crippen LogP contribution >= 0.6 is 11.3 Å². The van der Waals surface area contributed by atoms with E-state index < -0.39 is 10.8 Å². The van der Waals surface area contributed by atoms with Gasteiger partial charge in [-0.15, -0.1) is 10.2 Å². The number of hydrogen-bond donors (Lipinski definition) is 1. The Bertz CT molecular complexity index is 698. The zero-order valence-electron chi connectivity index (χ0n) is 11.7. The standard InChI is InChI=1S/C12H13N5O3S/c1-7-14-15-12(21-7)13-11(18)8-4-5-9(16(2)3)10(6-8)17(19)20/h4-6H,1-3H3,(H,13,15,18). The minimum atomic E-state index is -0.513. The van der Waals surface area contributed by atoms with Gasteiger partial charge >= 0.3 is 0 Å². The highest BCUT2D eigenvalue weighted by atomic mass is 32.1. The summed E-state index contributed by atoms with van der Waals surface area (Å²) in [4.78, 5) is 24.3. The molecule has 0 aliphatic rings. The molecule has 0 saturated heterocycles. The van der Waals surface area contributed by atoms with Crippen molar-refractivity contribution in [1.82, 2.24) is 10.2 Å². The number of nitrogens with one attached hydrogen (secondary N) is 1. The van der Waals surface area contributed by atoms with Gasteiger partial charge in [-0.25, -0.2) is 0 Å². The summed E-state index contributed by atoms with van der Waals surface area (Å²) in [6.45, 7) is 1.77. The van der Waals surface area contributed by atoms with E-state index in [4.69, 9.17) is 0 Å². The van der Waals surface area contributed by atoms with Gasteiger partial charge in [0.05, 0.1) is 4.92 Å². The first-order chi connectivity index (χ1) is 9.88. The molecule has 1 aromatic carbocycles. The summed E-state index contributed by atoms with van der Waals surface area (Å²) < 4.78 is 0. The fourth-order valence-corrected chi connectivity index (χ4v) is 2.29.